The van der Waals surface area contributed by atoms with Crippen molar-refractivity contribution in [2.45, 2.75) is 91.1 Å². The zero-order valence-electron chi connectivity index (χ0n) is 44.1. The van der Waals surface area contributed by atoms with Crippen molar-refractivity contribution in [1.29, 1.82) is 0 Å². The highest BCUT2D eigenvalue weighted by molar-refractivity contribution is 9.09. The number of aromatic nitrogens is 4. The highest BCUT2D eigenvalue weighted by Crippen LogP contribution is 2.22. The molecule has 14 nitrogen and oxygen atoms in total. The summed E-state index contributed by atoms with van der Waals surface area (Å²) in [6, 6.07) is 36.5. The summed E-state index contributed by atoms with van der Waals surface area (Å²) in [7, 11) is 0. The van der Waals surface area contributed by atoms with Crippen LogP contribution in [-0.4, -0.2) is 116 Å². The molecule has 0 radical (unpaired) electrons. The first-order valence-corrected chi connectivity index (χ1v) is 28.3. The van der Waals surface area contributed by atoms with E-state index < -0.39 is 0 Å². The third-order valence-corrected chi connectivity index (χ3v) is 12.8. The molecule has 6 aromatic rings. The summed E-state index contributed by atoms with van der Waals surface area (Å²) in [5.41, 5.74) is 4.28. The summed E-state index contributed by atoms with van der Waals surface area (Å²) in [6.45, 7) is 13.1. The summed E-state index contributed by atoms with van der Waals surface area (Å²) >= 11 is 19.6. The number of halogens is 4. The van der Waals surface area contributed by atoms with Crippen molar-refractivity contribution in [3.8, 4) is 45.5 Å². The molecule has 0 saturated carbocycles. The normalized spacial score (nSPS) is 14.3. The molecule has 18 heteroatoms. The van der Waals surface area contributed by atoms with Crippen LogP contribution < -0.4 is 30.6 Å². The maximum Gasteiger partial charge on any atom is 0.264 e. The summed E-state index contributed by atoms with van der Waals surface area (Å²) in [6.07, 6.45) is 9.17. The fourth-order valence-corrected chi connectivity index (χ4v) is 8.07. The van der Waals surface area contributed by atoms with Crippen molar-refractivity contribution >= 4 is 62.3 Å². The Hall–Kier alpha value is -5.55. The first-order chi connectivity index (χ1) is 36.8. The van der Waals surface area contributed by atoms with E-state index in [1.54, 1.807) is 55.5 Å². The van der Waals surface area contributed by atoms with E-state index in [0.717, 1.165) is 102 Å². The zero-order valence-corrected chi connectivity index (χ0v) is 47.9. The van der Waals surface area contributed by atoms with E-state index in [1.165, 1.54) is 70.0 Å². The van der Waals surface area contributed by atoms with Crippen LogP contribution in [0.3, 0.4) is 0 Å². The Kier molecular flexibility index (Phi) is 33.1. The molecule has 4 N–H and O–H groups in total. The number of carbonyl (C=O) groups excluding carboxylic acids is 2. The number of hydrogen-bond acceptors (Lipinski definition) is 12. The van der Waals surface area contributed by atoms with Crippen LogP contribution in [0.5, 0.6) is 23.0 Å². The predicted octanol–water partition coefficient (Wildman–Crippen LogP) is 12.4. The molecule has 0 amide bonds. The lowest BCUT2D eigenvalue weighted by atomic mass is 10.1. The number of Topliss-reactive ketones (excluding diaryl/α,β-unsaturated/α-hetero) is 2. The van der Waals surface area contributed by atoms with Gasteiger partial charge in [0, 0.05) is 76.0 Å². The smallest absolute Gasteiger partial charge is 0.264 e. The molecule has 2 aliphatic rings. The van der Waals surface area contributed by atoms with E-state index in [0.29, 0.717) is 36.1 Å². The second kappa shape index (κ2) is 38.9. The molecule has 0 spiro atoms. The number of phenolic OH excluding ortho intramolecular Hbond substituents is 1. The molecule has 2 atom stereocenters. The summed E-state index contributed by atoms with van der Waals surface area (Å²) in [5, 5.41) is 26.0. The molecule has 412 valence electrons. The molecule has 4 aromatic carbocycles. The third-order valence-electron chi connectivity index (χ3n) is 11.4. The van der Waals surface area contributed by atoms with Crippen LogP contribution in [-0.2, 0) is 0 Å². The van der Waals surface area contributed by atoms with Gasteiger partial charge >= 0.3 is 0 Å². The maximum atomic E-state index is 11.0. The lowest BCUT2D eigenvalue weighted by Gasteiger charge is -2.20. The Morgan fingerprint density at radius 1 is 0.605 bits per heavy atom. The van der Waals surface area contributed by atoms with E-state index in [1.807, 2.05) is 48.5 Å². The van der Waals surface area contributed by atoms with Crippen LogP contribution in [0.2, 0.25) is 0 Å². The number of benzene rings is 4. The van der Waals surface area contributed by atoms with Gasteiger partial charge in [-0.25, -0.2) is 10.2 Å². The average molecular weight is 1170 g/mol. The zero-order chi connectivity index (χ0) is 55.3. The van der Waals surface area contributed by atoms with Gasteiger partial charge in [-0.3, -0.25) is 19.2 Å². The first-order valence-electron chi connectivity index (χ1n) is 25.6. The molecular weight excluding hydrogens is 1090 g/mol. The topological polar surface area (TPSA) is 189 Å². The fourth-order valence-electron chi connectivity index (χ4n) is 7.12. The van der Waals surface area contributed by atoms with Gasteiger partial charge in [0.05, 0.1) is 31.2 Å². The first kappa shape index (κ1) is 64.7. The molecule has 0 bridgehead atoms. The van der Waals surface area contributed by atoms with Crippen LogP contribution in [0.4, 0.5) is 0 Å². The number of phenols is 1. The van der Waals surface area contributed by atoms with E-state index in [4.69, 9.17) is 54.1 Å². The van der Waals surface area contributed by atoms with Gasteiger partial charge in [-0.15, -0.1) is 34.8 Å². The van der Waals surface area contributed by atoms with Crippen molar-refractivity contribution in [2.24, 2.45) is 0 Å². The minimum atomic E-state index is -0.209. The molecule has 8 rings (SSSR count). The quantitative estimate of drug-likeness (QED) is 0.0342. The van der Waals surface area contributed by atoms with Gasteiger partial charge in [0.15, 0.2) is 11.6 Å². The number of ether oxygens (including phenoxy) is 3. The van der Waals surface area contributed by atoms with Crippen LogP contribution >= 0.6 is 50.7 Å². The van der Waals surface area contributed by atoms with Gasteiger partial charge in [-0.05, 0) is 201 Å². The van der Waals surface area contributed by atoms with Gasteiger partial charge in [0.25, 0.3) is 11.1 Å². The molecule has 0 aliphatic carbocycles. The molecular formula is C58H74BrCl3N6O8. The van der Waals surface area contributed by atoms with Gasteiger partial charge in [-0.2, -0.15) is 10.2 Å². The Balaban J connectivity index is 0.000000257. The third kappa shape index (κ3) is 27.5. The Morgan fingerprint density at radius 2 is 1.04 bits per heavy atom. The van der Waals surface area contributed by atoms with Crippen molar-refractivity contribution in [3.05, 3.63) is 153 Å². The summed E-state index contributed by atoms with van der Waals surface area (Å²) < 4.78 is 16.7. The number of alkyl halides is 4. The number of aromatic hydroxyl groups is 1. The number of likely N-dealkylation sites (tertiary alicyclic amines) is 1. The van der Waals surface area contributed by atoms with Crippen LogP contribution in [0.25, 0.3) is 22.5 Å². The van der Waals surface area contributed by atoms with Gasteiger partial charge in [-0.1, -0.05) is 15.9 Å². The lowest BCUT2D eigenvalue weighted by molar-refractivity contribution is 0.100. The van der Waals surface area contributed by atoms with Gasteiger partial charge < -0.3 is 29.5 Å². The molecule has 4 heterocycles. The average Bonchev–Trinajstić information content (AvgIpc) is 4.10. The minimum Gasteiger partial charge on any atom is -0.508 e. The summed E-state index contributed by atoms with van der Waals surface area (Å²) in [4.78, 5) is 46.1. The van der Waals surface area contributed by atoms with Crippen molar-refractivity contribution in [2.75, 3.05) is 62.4 Å². The number of nitrogens with one attached hydrogen (secondary N) is 3. The Labute approximate surface area is 471 Å². The second-order valence-corrected chi connectivity index (χ2v) is 19.5. The molecule has 2 unspecified atom stereocenters. The standard InChI is InChI=1S/C18H23N3O2.C13H13ClN2O2.C11H13ClO2.C8H8O2.C5H11N.C3H6BrCl/c1-14-4-2-11-21(14)12-3-13-23-16-7-5-15(6-8-16)17-9-10-18(22)20-19-17;14-8-1-9-18-11-4-2-10(3-5-11)12-6-7-13(17)16-15-12;1-9(13)10-3-5-11(6-4-10)14-8-2-7-12;1-6(9)7-2-4-8(10)5-3-7;1-5-3-2-4-6-5;4-2-1-3-5/h5-10,14H,2-4,11-13H2,1H3,(H,20,22);2-7H,1,8-9H2,(H,16,17);3-6H,2,7-8H2,1H3;2-5,10H,1H3;5-6H,2-4H2,1H3;1-3H2. The second-order valence-electron chi connectivity index (χ2n) is 17.6. The number of rotatable bonds is 19. The number of carbonyl (C=O) groups is 2. The minimum absolute atomic E-state index is 0.0139. The van der Waals surface area contributed by atoms with E-state index >= 15 is 0 Å². The van der Waals surface area contributed by atoms with E-state index in [2.05, 4.69) is 60.4 Å². The van der Waals surface area contributed by atoms with Crippen molar-refractivity contribution in [3.63, 3.8) is 0 Å². The molecule has 2 aromatic heterocycles. The van der Waals surface area contributed by atoms with E-state index in [9.17, 15) is 19.2 Å². The molecule has 2 fully saturated rings. The lowest BCUT2D eigenvalue weighted by Crippen LogP contribution is -2.28. The summed E-state index contributed by atoms with van der Waals surface area (Å²) in [5.74, 6) is 4.68. The number of ketones is 2. The SMILES string of the molecule is CC(=O)c1ccc(O)cc1.CC(=O)c1ccc(OCCCCl)cc1.CC1CCCN1.CC1CCCN1CCCOc1ccc(-c2ccc(=O)[nH]n2)cc1.ClCCCBr.O=c1ccc(-c2ccc(OCCCCl)cc2)n[nH]1. The van der Waals surface area contributed by atoms with E-state index in [-0.39, 0.29) is 28.4 Å². The largest absolute Gasteiger partial charge is 0.508 e. The van der Waals surface area contributed by atoms with Crippen molar-refractivity contribution in [1.82, 2.24) is 30.6 Å². The highest BCUT2D eigenvalue weighted by Gasteiger charge is 2.19. The van der Waals surface area contributed by atoms with Crippen LogP contribution in [0, 0.1) is 0 Å². The van der Waals surface area contributed by atoms with Crippen LogP contribution in [0.15, 0.2) is 131 Å². The number of hydrogen-bond donors (Lipinski definition) is 4. The Morgan fingerprint density at radius 3 is 1.36 bits per heavy atom. The molecule has 2 aliphatic heterocycles. The Bertz CT molecular complexity index is 2580. The predicted molar refractivity (Wildman–Crippen MR) is 313 cm³/mol. The van der Waals surface area contributed by atoms with Crippen LogP contribution in [0.1, 0.15) is 99.8 Å². The van der Waals surface area contributed by atoms with Gasteiger partial charge in [0.1, 0.15) is 23.0 Å². The molecule has 2 saturated heterocycles. The van der Waals surface area contributed by atoms with Gasteiger partial charge in [0.2, 0.25) is 0 Å². The fraction of sp³-hybridized carbons (Fsp3) is 0.414. The number of H-pyrrole nitrogens is 2. The number of aromatic amines is 2. The van der Waals surface area contributed by atoms with Crippen molar-refractivity contribution < 1.29 is 28.9 Å². The maximum absolute atomic E-state index is 11.0. The number of nitrogens with zero attached hydrogens (tertiary/aromatic N) is 3. The molecule has 76 heavy (non-hydrogen) atoms. The monoisotopic (exact) mass is 1170 g/mol. The highest BCUT2D eigenvalue weighted by atomic mass is 79.9.